The Hall–Kier alpha value is -0.944. The average molecular weight is 375 g/mol. The molecule has 0 fully saturated rings. The predicted molar refractivity (Wildman–Crippen MR) is 86.7 cm³/mol. The SMILES string of the molecule is CCOc1cc(/C=N/Nc2ccc(S(=O)(=O)O)cc2)ccc1O.[K+]. The second kappa shape index (κ2) is 9.52. The van der Waals surface area contributed by atoms with Gasteiger partial charge in [-0.2, -0.15) is 13.5 Å². The number of benzene rings is 2. The third kappa shape index (κ3) is 6.17. The number of phenolic OH excluding ortho intramolecular Hbond substituents is 1. The van der Waals surface area contributed by atoms with Crippen LogP contribution in [0.15, 0.2) is 52.5 Å². The number of nitrogens with zero attached hydrogens (tertiary/aromatic N) is 1. The Labute approximate surface area is 182 Å². The van der Waals surface area contributed by atoms with Crippen molar-refractivity contribution in [3.8, 4) is 11.5 Å². The molecule has 0 aliphatic heterocycles. The van der Waals surface area contributed by atoms with E-state index in [-0.39, 0.29) is 62.0 Å². The molecule has 0 heterocycles. The van der Waals surface area contributed by atoms with Gasteiger partial charge in [-0.1, -0.05) is 0 Å². The monoisotopic (exact) mass is 375 g/mol. The minimum absolute atomic E-state index is 0. The van der Waals surface area contributed by atoms with Crippen molar-refractivity contribution in [3.05, 3.63) is 48.0 Å². The van der Waals surface area contributed by atoms with Crippen LogP contribution in [0.3, 0.4) is 0 Å². The number of aromatic hydroxyl groups is 1. The summed E-state index contributed by atoms with van der Waals surface area (Å²) in [6.07, 6.45) is 1.53. The van der Waals surface area contributed by atoms with Crippen LogP contribution in [0.2, 0.25) is 0 Å². The zero-order chi connectivity index (χ0) is 16.9. The van der Waals surface area contributed by atoms with E-state index in [2.05, 4.69) is 10.5 Å². The summed E-state index contributed by atoms with van der Waals surface area (Å²) < 4.78 is 36.0. The Bertz CT molecular complexity index is 807. The van der Waals surface area contributed by atoms with Gasteiger partial charge in [0.2, 0.25) is 0 Å². The summed E-state index contributed by atoms with van der Waals surface area (Å²) in [7, 11) is -4.20. The normalized spacial score (nSPS) is 11.1. The maximum atomic E-state index is 10.9. The first kappa shape index (κ1) is 21.1. The molecule has 2 aromatic rings. The van der Waals surface area contributed by atoms with Crippen LogP contribution >= 0.6 is 0 Å². The van der Waals surface area contributed by atoms with Gasteiger partial charge in [0.25, 0.3) is 10.1 Å². The molecule has 122 valence electrons. The first-order chi connectivity index (χ1) is 10.9. The Morgan fingerprint density at radius 1 is 1.21 bits per heavy atom. The number of nitrogens with one attached hydrogen (secondary N) is 1. The molecule has 0 aliphatic rings. The summed E-state index contributed by atoms with van der Waals surface area (Å²) in [6.45, 7) is 2.25. The van der Waals surface area contributed by atoms with E-state index < -0.39 is 10.1 Å². The molecule has 0 unspecified atom stereocenters. The van der Waals surface area contributed by atoms with Crippen molar-refractivity contribution in [2.45, 2.75) is 11.8 Å². The fourth-order valence-electron chi connectivity index (χ4n) is 1.76. The molecule has 9 heteroatoms. The van der Waals surface area contributed by atoms with Crippen molar-refractivity contribution in [1.29, 1.82) is 0 Å². The quantitative estimate of drug-likeness (QED) is 0.272. The van der Waals surface area contributed by atoms with E-state index in [0.29, 0.717) is 23.6 Å². The molecule has 0 atom stereocenters. The number of phenols is 1. The van der Waals surface area contributed by atoms with E-state index in [9.17, 15) is 13.5 Å². The van der Waals surface area contributed by atoms with Gasteiger partial charge in [0.1, 0.15) is 0 Å². The van der Waals surface area contributed by atoms with Crippen LogP contribution in [0, 0.1) is 0 Å². The molecule has 0 saturated carbocycles. The van der Waals surface area contributed by atoms with Crippen molar-refractivity contribution >= 4 is 22.0 Å². The second-order valence-corrected chi connectivity index (χ2v) is 5.95. The summed E-state index contributed by atoms with van der Waals surface area (Å²) in [5.41, 5.74) is 4.00. The van der Waals surface area contributed by atoms with Crippen LogP contribution in [0.5, 0.6) is 11.5 Å². The van der Waals surface area contributed by atoms with Crippen molar-refractivity contribution in [2.75, 3.05) is 12.0 Å². The number of anilines is 1. The van der Waals surface area contributed by atoms with Crippen LogP contribution in [0.25, 0.3) is 0 Å². The van der Waals surface area contributed by atoms with Gasteiger partial charge in [0.15, 0.2) is 11.5 Å². The molecule has 24 heavy (non-hydrogen) atoms. The minimum atomic E-state index is -4.20. The Morgan fingerprint density at radius 2 is 1.88 bits per heavy atom. The maximum absolute atomic E-state index is 10.9. The van der Waals surface area contributed by atoms with Crippen LogP contribution in [-0.4, -0.2) is 30.9 Å². The van der Waals surface area contributed by atoms with E-state index in [4.69, 9.17) is 9.29 Å². The summed E-state index contributed by atoms with van der Waals surface area (Å²) in [6, 6.07) is 10.3. The molecule has 0 bridgehead atoms. The molecule has 0 aliphatic carbocycles. The van der Waals surface area contributed by atoms with Crippen molar-refractivity contribution in [2.24, 2.45) is 5.10 Å². The zero-order valence-corrected chi connectivity index (χ0v) is 17.2. The van der Waals surface area contributed by atoms with Crippen LogP contribution < -0.4 is 61.5 Å². The summed E-state index contributed by atoms with van der Waals surface area (Å²) >= 11 is 0. The number of hydrogen-bond acceptors (Lipinski definition) is 6. The number of ether oxygens (including phenoxy) is 1. The second-order valence-electron chi connectivity index (χ2n) is 4.53. The van der Waals surface area contributed by atoms with Gasteiger partial charge >= 0.3 is 51.4 Å². The van der Waals surface area contributed by atoms with Gasteiger partial charge in [0, 0.05) is 0 Å². The average Bonchev–Trinajstić information content (AvgIpc) is 2.50. The summed E-state index contributed by atoms with van der Waals surface area (Å²) in [5, 5.41) is 13.6. The largest absolute Gasteiger partial charge is 1.00 e. The van der Waals surface area contributed by atoms with Gasteiger partial charge in [-0.05, 0) is 55.0 Å². The van der Waals surface area contributed by atoms with Crippen molar-refractivity contribution in [3.63, 3.8) is 0 Å². The molecule has 2 aromatic carbocycles. The molecular formula is C15H16KN2O5S+. The molecule has 0 radical (unpaired) electrons. The predicted octanol–water partition coefficient (Wildman–Crippen LogP) is -0.512. The molecule has 3 N–H and O–H groups in total. The Balaban J connectivity index is 0.00000288. The topological polar surface area (TPSA) is 108 Å². The third-order valence-electron chi connectivity index (χ3n) is 2.84. The Morgan fingerprint density at radius 3 is 2.46 bits per heavy atom. The number of rotatable bonds is 6. The molecule has 0 aromatic heterocycles. The summed E-state index contributed by atoms with van der Waals surface area (Å²) in [5.74, 6) is 0.423. The van der Waals surface area contributed by atoms with Crippen LogP contribution in [-0.2, 0) is 10.1 Å². The number of hydrazone groups is 1. The smallest absolute Gasteiger partial charge is 0.504 e. The van der Waals surface area contributed by atoms with Gasteiger partial charge < -0.3 is 9.84 Å². The van der Waals surface area contributed by atoms with E-state index in [1.54, 1.807) is 12.1 Å². The number of hydrogen-bond donors (Lipinski definition) is 3. The fraction of sp³-hybridized carbons (Fsp3) is 0.133. The third-order valence-corrected chi connectivity index (χ3v) is 3.71. The molecule has 7 nitrogen and oxygen atoms in total. The van der Waals surface area contributed by atoms with E-state index in [1.165, 1.54) is 36.5 Å². The van der Waals surface area contributed by atoms with Gasteiger partial charge in [0.05, 0.1) is 23.4 Å². The van der Waals surface area contributed by atoms with Crippen molar-refractivity contribution < 1.29 is 74.2 Å². The molecule has 2 rings (SSSR count). The van der Waals surface area contributed by atoms with Gasteiger partial charge in [-0.25, -0.2) is 0 Å². The van der Waals surface area contributed by atoms with Gasteiger partial charge in [-0.15, -0.1) is 0 Å². The van der Waals surface area contributed by atoms with E-state index >= 15 is 0 Å². The van der Waals surface area contributed by atoms with Crippen LogP contribution in [0.4, 0.5) is 5.69 Å². The van der Waals surface area contributed by atoms with Crippen molar-refractivity contribution in [1.82, 2.24) is 0 Å². The van der Waals surface area contributed by atoms with Gasteiger partial charge in [-0.3, -0.25) is 9.98 Å². The Kier molecular flexibility index (Phi) is 8.37. The summed E-state index contributed by atoms with van der Waals surface area (Å²) in [4.78, 5) is -0.188. The molecule has 0 spiro atoms. The van der Waals surface area contributed by atoms with E-state index in [1.807, 2.05) is 6.92 Å². The first-order valence-corrected chi connectivity index (χ1v) is 8.16. The molecule has 0 amide bonds. The standard InChI is InChI=1S/C15H16N2O5S.K/c1-2-22-15-9-11(3-8-14(15)18)10-16-17-12-4-6-13(7-5-12)23(19,20)21;/h3-10,17-18H,2H2,1H3,(H,19,20,21);/q;+1/b16-10+;. The maximum Gasteiger partial charge on any atom is 1.00 e. The molecule has 0 saturated heterocycles. The first-order valence-electron chi connectivity index (χ1n) is 6.72. The zero-order valence-electron chi connectivity index (χ0n) is 13.3. The fourth-order valence-corrected chi connectivity index (χ4v) is 2.24. The molecular weight excluding hydrogens is 359 g/mol. The van der Waals surface area contributed by atoms with Crippen LogP contribution in [0.1, 0.15) is 12.5 Å². The minimum Gasteiger partial charge on any atom is -0.504 e. The van der Waals surface area contributed by atoms with E-state index in [0.717, 1.165) is 0 Å².